The van der Waals surface area contributed by atoms with Crippen LogP contribution in [0.15, 0.2) is 66.9 Å². The van der Waals surface area contributed by atoms with E-state index in [1.165, 1.54) is 0 Å². The summed E-state index contributed by atoms with van der Waals surface area (Å²) in [5.74, 6) is 1.48. The second kappa shape index (κ2) is 9.18. The van der Waals surface area contributed by atoms with Gasteiger partial charge in [0.1, 0.15) is 11.5 Å². The molecule has 0 radical (unpaired) electrons. The molecule has 32 heavy (non-hydrogen) atoms. The highest BCUT2D eigenvalue weighted by molar-refractivity contribution is 5.96. The quantitative estimate of drug-likeness (QED) is 0.423. The summed E-state index contributed by atoms with van der Waals surface area (Å²) in [5, 5.41) is 4.15. The van der Waals surface area contributed by atoms with E-state index < -0.39 is 0 Å². The first-order valence-electron chi connectivity index (χ1n) is 10.6. The van der Waals surface area contributed by atoms with Crippen LogP contribution in [0.5, 0.6) is 11.5 Å². The zero-order valence-corrected chi connectivity index (χ0v) is 18.9. The topological polar surface area (TPSA) is 52.5 Å². The third kappa shape index (κ3) is 4.62. The fourth-order valence-corrected chi connectivity index (χ4v) is 3.99. The Hall–Kier alpha value is -3.73. The highest BCUT2D eigenvalue weighted by Crippen LogP contribution is 2.27. The maximum atomic E-state index is 12.9. The van der Waals surface area contributed by atoms with Gasteiger partial charge in [-0.3, -0.25) is 4.79 Å². The number of benzene rings is 3. The predicted octanol–water partition coefficient (Wildman–Crippen LogP) is 5.50. The number of hydrogen-bond donors (Lipinski definition) is 1. The monoisotopic (exact) mass is 428 g/mol. The minimum absolute atomic E-state index is 0.0235. The largest absolute Gasteiger partial charge is 0.497 e. The lowest BCUT2D eigenvalue weighted by Gasteiger charge is -2.10. The first-order valence-corrected chi connectivity index (χ1v) is 10.6. The fraction of sp³-hybridized carbons (Fsp3) is 0.222. The number of para-hydroxylation sites is 1. The highest BCUT2D eigenvalue weighted by atomic mass is 16.5. The predicted molar refractivity (Wildman–Crippen MR) is 129 cm³/mol. The number of nitrogens with one attached hydrogen (secondary N) is 1. The number of carbonyl (C=O) groups excluding carboxylic acids is 1. The normalized spacial score (nSPS) is 10.9. The first kappa shape index (κ1) is 21.5. The van der Waals surface area contributed by atoms with Crippen LogP contribution in [-0.4, -0.2) is 24.7 Å². The van der Waals surface area contributed by atoms with E-state index in [2.05, 4.69) is 28.2 Å². The molecule has 0 aliphatic rings. The van der Waals surface area contributed by atoms with Gasteiger partial charge < -0.3 is 19.4 Å². The summed E-state index contributed by atoms with van der Waals surface area (Å²) >= 11 is 0. The van der Waals surface area contributed by atoms with Gasteiger partial charge in [-0.25, -0.2) is 0 Å². The van der Waals surface area contributed by atoms with Gasteiger partial charge in [0.2, 0.25) is 5.91 Å². The molecule has 1 heterocycles. The molecule has 0 spiro atoms. The number of nitrogens with zero attached hydrogens (tertiary/aromatic N) is 1. The van der Waals surface area contributed by atoms with Crippen LogP contribution in [0.2, 0.25) is 0 Å². The van der Waals surface area contributed by atoms with Crippen molar-refractivity contribution in [2.45, 2.75) is 26.8 Å². The van der Waals surface area contributed by atoms with Crippen LogP contribution in [0.4, 0.5) is 5.69 Å². The van der Waals surface area contributed by atoms with Crippen LogP contribution in [0.3, 0.4) is 0 Å². The van der Waals surface area contributed by atoms with Gasteiger partial charge >= 0.3 is 0 Å². The van der Waals surface area contributed by atoms with Crippen molar-refractivity contribution in [3.8, 4) is 11.5 Å². The van der Waals surface area contributed by atoms with Crippen molar-refractivity contribution in [3.05, 3.63) is 89.1 Å². The fourth-order valence-electron chi connectivity index (χ4n) is 3.99. The molecule has 0 fully saturated rings. The smallest absolute Gasteiger partial charge is 0.228 e. The minimum atomic E-state index is -0.0235. The van der Waals surface area contributed by atoms with E-state index in [4.69, 9.17) is 9.47 Å². The van der Waals surface area contributed by atoms with Gasteiger partial charge in [-0.05, 0) is 60.4 Å². The molecule has 5 nitrogen and oxygen atoms in total. The van der Waals surface area contributed by atoms with Crippen molar-refractivity contribution in [1.82, 2.24) is 4.57 Å². The van der Waals surface area contributed by atoms with E-state index in [1.54, 1.807) is 14.2 Å². The van der Waals surface area contributed by atoms with Crippen molar-refractivity contribution in [3.63, 3.8) is 0 Å². The number of rotatable bonds is 7. The standard InChI is InChI=1S/C27H28N2O3/c1-18-9-10-19(2)25(11-18)28-27(30)14-21-17-29(26-8-6-5-7-24(21)26)16-20-12-22(31-3)15-23(13-20)32-4/h5-13,15,17H,14,16H2,1-4H3,(H,28,30). The molecule has 0 unspecified atom stereocenters. The third-order valence-electron chi connectivity index (χ3n) is 5.65. The second-order valence-corrected chi connectivity index (χ2v) is 8.06. The first-order chi connectivity index (χ1) is 15.5. The average Bonchev–Trinajstić information content (AvgIpc) is 3.13. The molecule has 4 aromatic rings. The Morgan fingerprint density at radius 2 is 1.66 bits per heavy atom. The van der Waals surface area contributed by atoms with Gasteiger partial charge in [-0.1, -0.05) is 30.3 Å². The zero-order chi connectivity index (χ0) is 22.7. The molecule has 0 atom stereocenters. The molecular weight excluding hydrogens is 400 g/mol. The number of methoxy groups -OCH3 is 2. The summed E-state index contributed by atoms with van der Waals surface area (Å²) < 4.78 is 13.0. The van der Waals surface area contributed by atoms with Crippen LogP contribution in [-0.2, 0) is 17.8 Å². The van der Waals surface area contributed by atoms with E-state index in [0.29, 0.717) is 13.0 Å². The molecule has 0 saturated carbocycles. The summed E-state index contributed by atoms with van der Waals surface area (Å²) in [5.41, 5.74) is 6.19. The van der Waals surface area contributed by atoms with Gasteiger partial charge in [0, 0.05) is 35.4 Å². The van der Waals surface area contributed by atoms with E-state index in [1.807, 2.05) is 62.4 Å². The Balaban J connectivity index is 1.62. The van der Waals surface area contributed by atoms with Crippen LogP contribution in [0.25, 0.3) is 10.9 Å². The minimum Gasteiger partial charge on any atom is -0.497 e. The van der Waals surface area contributed by atoms with E-state index in [-0.39, 0.29) is 5.91 Å². The number of carbonyl (C=O) groups is 1. The molecule has 0 bridgehead atoms. The molecule has 5 heteroatoms. The molecule has 1 amide bonds. The number of aryl methyl sites for hydroxylation is 2. The van der Waals surface area contributed by atoms with E-state index in [9.17, 15) is 4.79 Å². The van der Waals surface area contributed by atoms with Crippen molar-refractivity contribution in [2.75, 3.05) is 19.5 Å². The zero-order valence-electron chi connectivity index (χ0n) is 18.9. The number of hydrogen-bond acceptors (Lipinski definition) is 3. The summed E-state index contributed by atoms with van der Waals surface area (Å²) in [6.07, 6.45) is 2.38. The SMILES string of the molecule is COc1cc(Cn2cc(CC(=O)Nc3cc(C)ccc3C)c3ccccc32)cc(OC)c1. The number of fused-ring (bicyclic) bond motifs is 1. The van der Waals surface area contributed by atoms with Crippen molar-refractivity contribution in [2.24, 2.45) is 0 Å². The molecular formula is C27H28N2O3. The highest BCUT2D eigenvalue weighted by Gasteiger charge is 2.14. The molecule has 4 rings (SSSR count). The molecule has 3 aromatic carbocycles. The number of anilines is 1. The lowest BCUT2D eigenvalue weighted by atomic mass is 10.1. The Morgan fingerprint density at radius 1 is 0.938 bits per heavy atom. The van der Waals surface area contributed by atoms with Gasteiger partial charge in [0.05, 0.1) is 20.6 Å². The number of ether oxygens (including phenoxy) is 2. The molecule has 164 valence electrons. The maximum Gasteiger partial charge on any atom is 0.228 e. The molecule has 0 saturated heterocycles. The summed E-state index contributed by atoms with van der Waals surface area (Å²) in [6, 6.07) is 20.1. The molecule has 1 aromatic heterocycles. The van der Waals surface area contributed by atoms with Crippen LogP contribution < -0.4 is 14.8 Å². The molecule has 1 N–H and O–H groups in total. The summed E-state index contributed by atoms with van der Waals surface area (Å²) in [6.45, 7) is 4.67. The van der Waals surface area contributed by atoms with Crippen LogP contribution >= 0.6 is 0 Å². The lowest BCUT2D eigenvalue weighted by Crippen LogP contribution is -2.15. The Bertz CT molecular complexity index is 1250. The Labute approximate surface area is 188 Å². The Kier molecular flexibility index (Phi) is 6.17. The maximum absolute atomic E-state index is 12.9. The average molecular weight is 429 g/mol. The van der Waals surface area contributed by atoms with Gasteiger partial charge in [0.15, 0.2) is 0 Å². The summed E-state index contributed by atoms with van der Waals surface area (Å²) in [4.78, 5) is 12.9. The van der Waals surface area contributed by atoms with E-state index >= 15 is 0 Å². The van der Waals surface area contributed by atoms with Crippen molar-refractivity contribution < 1.29 is 14.3 Å². The Morgan fingerprint density at radius 3 is 2.38 bits per heavy atom. The summed E-state index contributed by atoms with van der Waals surface area (Å²) in [7, 11) is 3.30. The van der Waals surface area contributed by atoms with Gasteiger partial charge in [-0.2, -0.15) is 0 Å². The van der Waals surface area contributed by atoms with Crippen LogP contribution in [0, 0.1) is 13.8 Å². The van der Waals surface area contributed by atoms with Crippen molar-refractivity contribution >= 4 is 22.5 Å². The molecule has 0 aliphatic heterocycles. The molecule has 0 aliphatic carbocycles. The lowest BCUT2D eigenvalue weighted by molar-refractivity contribution is -0.115. The van der Waals surface area contributed by atoms with Crippen LogP contribution in [0.1, 0.15) is 22.3 Å². The third-order valence-corrected chi connectivity index (χ3v) is 5.65. The second-order valence-electron chi connectivity index (χ2n) is 8.06. The van der Waals surface area contributed by atoms with E-state index in [0.717, 1.165) is 50.3 Å². The number of amides is 1. The van der Waals surface area contributed by atoms with Crippen molar-refractivity contribution in [1.29, 1.82) is 0 Å². The van der Waals surface area contributed by atoms with Gasteiger partial charge in [0.25, 0.3) is 0 Å². The van der Waals surface area contributed by atoms with Gasteiger partial charge in [-0.15, -0.1) is 0 Å². The number of aromatic nitrogens is 1.